The highest BCUT2D eigenvalue weighted by atomic mass is 16.5. The number of hydrogen-bond acceptors (Lipinski definition) is 5. The molecule has 0 aliphatic heterocycles. The highest BCUT2D eigenvalue weighted by Gasteiger charge is 2.63. The van der Waals surface area contributed by atoms with Crippen LogP contribution in [-0.4, -0.2) is 29.9 Å². The van der Waals surface area contributed by atoms with Gasteiger partial charge in [-0.25, -0.2) is 0 Å². The van der Waals surface area contributed by atoms with Gasteiger partial charge in [0.25, 0.3) is 0 Å². The Morgan fingerprint density at radius 1 is 0.933 bits per heavy atom. The molecule has 166 valence electrons. The Kier molecular flexibility index (Phi) is 5.39. The first kappa shape index (κ1) is 21.6. The number of rotatable bonds is 3. The van der Waals surface area contributed by atoms with Crippen LogP contribution in [0.4, 0.5) is 0 Å². The zero-order valence-corrected chi connectivity index (χ0v) is 19.0. The lowest BCUT2D eigenvalue weighted by Gasteiger charge is -2.62. The maximum absolute atomic E-state index is 12.5. The fourth-order valence-corrected chi connectivity index (χ4v) is 7.98. The van der Waals surface area contributed by atoms with Crippen LogP contribution in [-0.2, 0) is 23.9 Å². The summed E-state index contributed by atoms with van der Waals surface area (Å²) in [4.78, 5) is 35.9. The van der Waals surface area contributed by atoms with Gasteiger partial charge in [0, 0.05) is 24.8 Å². The Balaban J connectivity index is 1.64. The van der Waals surface area contributed by atoms with E-state index < -0.39 is 0 Å². The molecule has 0 heterocycles. The molecule has 4 aliphatic rings. The summed E-state index contributed by atoms with van der Waals surface area (Å²) in [5, 5.41) is 0. The second-order valence-corrected chi connectivity index (χ2v) is 10.7. The Hall–Kier alpha value is -1.65. The largest absolute Gasteiger partial charge is 0.463 e. The molecule has 0 aromatic rings. The highest BCUT2D eigenvalue weighted by molar-refractivity contribution is 5.95. The van der Waals surface area contributed by atoms with Gasteiger partial charge in [-0.15, -0.1) is 0 Å². The minimum atomic E-state index is -0.378. The van der Waals surface area contributed by atoms with Crippen molar-refractivity contribution in [3.05, 3.63) is 11.6 Å². The second-order valence-electron chi connectivity index (χ2n) is 10.7. The normalized spacial score (nSPS) is 44.8. The van der Waals surface area contributed by atoms with Crippen molar-refractivity contribution in [3.8, 4) is 0 Å². The van der Waals surface area contributed by atoms with Crippen molar-refractivity contribution in [2.45, 2.75) is 91.8 Å². The van der Waals surface area contributed by atoms with Crippen molar-refractivity contribution in [2.75, 3.05) is 0 Å². The van der Waals surface area contributed by atoms with Gasteiger partial charge in [-0.05, 0) is 81.0 Å². The van der Waals surface area contributed by atoms with Crippen molar-refractivity contribution in [1.82, 2.24) is 0 Å². The van der Waals surface area contributed by atoms with Gasteiger partial charge < -0.3 is 9.47 Å². The molecule has 0 radical (unpaired) electrons. The summed E-state index contributed by atoms with van der Waals surface area (Å²) in [6, 6.07) is 0. The summed E-state index contributed by atoms with van der Waals surface area (Å²) < 4.78 is 11.5. The lowest BCUT2D eigenvalue weighted by Crippen LogP contribution is -2.59. The third-order valence-electron chi connectivity index (χ3n) is 9.30. The Bertz CT molecular complexity index is 784. The van der Waals surface area contributed by atoms with Gasteiger partial charge in [-0.2, -0.15) is 0 Å². The van der Waals surface area contributed by atoms with Crippen LogP contribution in [0, 0.1) is 34.5 Å². The van der Waals surface area contributed by atoms with Gasteiger partial charge in [-0.3, -0.25) is 14.4 Å². The minimum absolute atomic E-state index is 0.0349. The van der Waals surface area contributed by atoms with Crippen molar-refractivity contribution < 1.29 is 23.9 Å². The molecule has 30 heavy (non-hydrogen) atoms. The summed E-state index contributed by atoms with van der Waals surface area (Å²) in [6.45, 7) is 9.20. The van der Waals surface area contributed by atoms with Gasteiger partial charge >= 0.3 is 11.9 Å². The zero-order chi connectivity index (χ0) is 21.8. The Morgan fingerprint density at radius 2 is 1.63 bits per heavy atom. The predicted octanol–water partition coefficient (Wildman–Crippen LogP) is 4.63. The molecule has 0 bridgehead atoms. The van der Waals surface area contributed by atoms with E-state index in [4.69, 9.17) is 9.47 Å². The monoisotopic (exact) mass is 416 g/mol. The smallest absolute Gasteiger partial charge is 0.302 e. The van der Waals surface area contributed by atoms with Crippen LogP contribution in [0.25, 0.3) is 0 Å². The Labute approximate surface area is 179 Å². The van der Waals surface area contributed by atoms with Crippen molar-refractivity contribution >= 4 is 17.7 Å². The van der Waals surface area contributed by atoms with E-state index in [-0.39, 0.29) is 40.8 Å². The van der Waals surface area contributed by atoms with Crippen LogP contribution in [0.5, 0.6) is 0 Å². The van der Waals surface area contributed by atoms with E-state index in [2.05, 4.69) is 19.9 Å². The van der Waals surface area contributed by atoms with Gasteiger partial charge in [-0.1, -0.05) is 19.9 Å². The second kappa shape index (κ2) is 7.49. The van der Waals surface area contributed by atoms with Crippen LogP contribution in [0.1, 0.15) is 79.6 Å². The van der Waals surface area contributed by atoms with Crippen molar-refractivity contribution in [2.24, 2.45) is 34.5 Å². The first-order chi connectivity index (χ1) is 14.1. The molecular weight excluding hydrogens is 380 g/mol. The maximum Gasteiger partial charge on any atom is 0.302 e. The van der Waals surface area contributed by atoms with Crippen LogP contribution >= 0.6 is 0 Å². The van der Waals surface area contributed by atoms with E-state index in [1.165, 1.54) is 13.8 Å². The molecule has 0 spiro atoms. The van der Waals surface area contributed by atoms with E-state index >= 15 is 0 Å². The molecule has 5 nitrogen and oxygen atoms in total. The van der Waals surface area contributed by atoms with E-state index in [0.29, 0.717) is 23.7 Å². The molecule has 4 rings (SSSR count). The lowest BCUT2D eigenvalue weighted by molar-refractivity contribution is -0.185. The third kappa shape index (κ3) is 3.23. The molecule has 0 unspecified atom stereocenters. The number of hydrogen-bond donors (Lipinski definition) is 0. The lowest BCUT2D eigenvalue weighted by atomic mass is 9.44. The van der Waals surface area contributed by atoms with Crippen molar-refractivity contribution in [3.63, 3.8) is 0 Å². The number of esters is 2. The average Bonchev–Trinajstić information content (AvgIpc) is 3.01. The molecule has 0 amide bonds. The molecule has 3 fully saturated rings. The van der Waals surface area contributed by atoms with Crippen molar-refractivity contribution in [1.29, 1.82) is 0 Å². The van der Waals surface area contributed by atoms with Gasteiger partial charge in [0.15, 0.2) is 5.78 Å². The molecule has 0 aromatic heterocycles. The summed E-state index contributed by atoms with van der Waals surface area (Å²) >= 11 is 0. The molecule has 5 heteroatoms. The summed E-state index contributed by atoms with van der Waals surface area (Å²) in [5.41, 5.74) is 0.651. The molecule has 8 atom stereocenters. The third-order valence-corrected chi connectivity index (χ3v) is 9.30. The van der Waals surface area contributed by atoms with Gasteiger partial charge in [0.05, 0.1) is 0 Å². The first-order valence-corrected chi connectivity index (χ1v) is 11.6. The molecule has 4 aliphatic carbocycles. The van der Waals surface area contributed by atoms with E-state index in [1.54, 1.807) is 6.92 Å². The highest BCUT2D eigenvalue weighted by Crippen LogP contribution is 2.67. The number of fused-ring (bicyclic) bond motifs is 5. The SMILES string of the molecule is CC(=O)O[C@@H]1CC[C@@]2(C)[C@@H](CC[C@@H]3[C@@H]2C[C@H](OC(C)=O)[C@]2(C)C(C(C)=O)=CC[C@@H]32)C1. The maximum atomic E-state index is 12.5. The quantitative estimate of drug-likeness (QED) is 0.628. The number of Topliss-reactive ketones (excluding diaryl/α,β-unsaturated/α-hetero) is 1. The van der Waals surface area contributed by atoms with Gasteiger partial charge in [0.2, 0.25) is 0 Å². The molecular formula is C25H36O5. The standard InChI is InChI=1S/C25H36O5/c1-14(26)20-8-9-21-19-7-6-17-12-18(29-15(2)27)10-11-24(17,4)22(19)13-23(25(20,21)5)30-16(3)28/h8,17-19,21-23H,6-7,9-13H2,1-5H3/t17-,18+,19-,21-,22-,23-,24-,25+/m0/s1. The number of carbonyl (C=O) groups is 3. The van der Waals surface area contributed by atoms with E-state index in [0.717, 1.165) is 50.5 Å². The number of ether oxygens (including phenoxy) is 2. The van der Waals surface area contributed by atoms with Crippen LogP contribution < -0.4 is 0 Å². The average molecular weight is 417 g/mol. The fraction of sp³-hybridized carbons (Fsp3) is 0.800. The fourth-order valence-electron chi connectivity index (χ4n) is 7.98. The minimum Gasteiger partial charge on any atom is -0.463 e. The number of allylic oxidation sites excluding steroid dienone is 1. The Morgan fingerprint density at radius 3 is 2.27 bits per heavy atom. The molecule has 3 saturated carbocycles. The molecule has 0 saturated heterocycles. The summed E-state index contributed by atoms with van der Waals surface area (Å²) in [7, 11) is 0. The number of carbonyl (C=O) groups excluding carboxylic acids is 3. The zero-order valence-electron chi connectivity index (χ0n) is 19.0. The first-order valence-electron chi connectivity index (χ1n) is 11.6. The summed E-state index contributed by atoms with van der Waals surface area (Å²) in [6.07, 6.45) is 8.82. The van der Waals surface area contributed by atoms with Crippen LogP contribution in [0.15, 0.2) is 11.6 Å². The molecule has 0 aromatic carbocycles. The van der Waals surface area contributed by atoms with E-state index in [9.17, 15) is 14.4 Å². The van der Waals surface area contributed by atoms with Gasteiger partial charge in [0.1, 0.15) is 12.2 Å². The predicted molar refractivity (Wildman–Crippen MR) is 112 cm³/mol. The summed E-state index contributed by atoms with van der Waals surface area (Å²) in [5.74, 6) is 1.55. The molecule has 0 N–H and O–H groups in total. The van der Waals surface area contributed by atoms with E-state index in [1.807, 2.05) is 0 Å². The number of ketones is 1. The van der Waals surface area contributed by atoms with Crippen LogP contribution in [0.2, 0.25) is 0 Å². The topological polar surface area (TPSA) is 69.7 Å². The van der Waals surface area contributed by atoms with Crippen LogP contribution in [0.3, 0.4) is 0 Å².